The average Bonchev–Trinajstić information content (AvgIpc) is 3.83. The molecule has 0 spiro atoms. The van der Waals surface area contributed by atoms with Crippen molar-refractivity contribution < 1.29 is 37.4 Å². The molecule has 1 aromatic heterocycles. The van der Waals surface area contributed by atoms with Crippen LogP contribution in [0.25, 0.3) is 0 Å². The van der Waals surface area contributed by atoms with E-state index < -0.39 is 75.4 Å². The number of amides is 4. The highest BCUT2D eigenvalue weighted by Crippen LogP contribution is 2.33. The summed E-state index contributed by atoms with van der Waals surface area (Å²) in [5.41, 5.74) is -0.490. The molecule has 1 saturated heterocycles. The molecule has 2 aliphatic heterocycles. The number of benzene rings is 1. The monoisotopic (exact) mass is 827 g/mol. The lowest BCUT2D eigenvalue weighted by molar-refractivity contribution is -0.145. The summed E-state index contributed by atoms with van der Waals surface area (Å²) in [5, 5.41) is 20.1. The number of pyridine rings is 1. The molecule has 6 atom stereocenters. The first kappa shape index (κ1) is 42.3. The smallest absolute Gasteiger partial charge is 0.263 e. The minimum atomic E-state index is -3.87. The number of sulfonamides is 1. The third-order valence-corrected chi connectivity index (χ3v) is 12.7. The summed E-state index contributed by atoms with van der Waals surface area (Å²) in [4.78, 5) is 66.9. The maximum atomic E-state index is 14.9. The molecule has 1 aromatic carbocycles. The van der Waals surface area contributed by atoms with E-state index in [0.717, 1.165) is 32.1 Å². The predicted molar refractivity (Wildman–Crippen MR) is 213 cm³/mol. The minimum Gasteiger partial charge on any atom is -0.472 e. The number of fused-ring (bicyclic) bond motifs is 1. The summed E-state index contributed by atoms with van der Waals surface area (Å²) in [5.74, 6) is -2.08. The van der Waals surface area contributed by atoms with E-state index in [1.807, 2.05) is 27.7 Å². The number of hydrogen-bond donors (Lipinski definition) is 5. The average molecular weight is 828 g/mol. The summed E-state index contributed by atoms with van der Waals surface area (Å²) in [7, 11) is -3.87. The number of halogens is 1. The van der Waals surface area contributed by atoms with Crippen molar-refractivity contribution in [1.29, 1.82) is 0 Å². The van der Waals surface area contributed by atoms with E-state index in [1.165, 1.54) is 17.2 Å². The minimum absolute atomic E-state index is 0.0133. The Hall–Kier alpha value is -4.28. The highest BCUT2D eigenvalue weighted by atomic mass is 35.5. The van der Waals surface area contributed by atoms with Crippen LogP contribution in [0.2, 0.25) is 5.02 Å². The van der Waals surface area contributed by atoms with E-state index in [9.17, 15) is 32.7 Å². The van der Waals surface area contributed by atoms with Gasteiger partial charge in [0.05, 0.1) is 22.5 Å². The Morgan fingerprint density at radius 2 is 1.75 bits per heavy atom. The van der Waals surface area contributed by atoms with Crippen molar-refractivity contribution in [3.05, 3.63) is 53.2 Å². The highest BCUT2D eigenvalue weighted by molar-refractivity contribution is 7.90. The number of aliphatic imine (C=N–C) groups is 1. The van der Waals surface area contributed by atoms with Gasteiger partial charge in [-0.15, -0.1) is 0 Å². The fourth-order valence-electron chi connectivity index (χ4n) is 7.81. The van der Waals surface area contributed by atoms with Crippen LogP contribution in [-0.4, -0.2) is 102 Å². The third-order valence-electron chi connectivity index (χ3n) is 11.0. The molecule has 4 amide bonds. The molecular weight excluding hydrogens is 774 g/mol. The first-order chi connectivity index (χ1) is 27.0. The number of carbonyl (C=O) groups is 4. The lowest BCUT2D eigenvalue weighted by Gasteiger charge is -2.37. The number of carbonyl (C=O) groups excluding carboxylic acids is 4. The zero-order valence-corrected chi connectivity index (χ0v) is 34.4. The Labute approximate surface area is 339 Å². The number of aliphatic hydroxyl groups is 1. The predicted octanol–water partition coefficient (Wildman–Crippen LogP) is 3.23. The van der Waals surface area contributed by atoms with Gasteiger partial charge in [0.25, 0.3) is 15.9 Å². The first-order valence-corrected chi connectivity index (χ1v) is 21.8. The zero-order chi connectivity index (χ0) is 41.1. The normalized spacial score (nSPS) is 23.4. The fraction of sp³-hybridized carbons (Fsp3) is 0.600. The van der Waals surface area contributed by atoms with Gasteiger partial charge in [-0.3, -0.25) is 28.9 Å². The van der Waals surface area contributed by atoms with E-state index in [4.69, 9.17) is 21.3 Å². The number of ether oxygens (including phenoxy) is 1. The van der Waals surface area contributed by atoms with Crippen LogP contribution in [0.1, 0.15) is 97.5 Å². The molecule has 2 saturated carbocycles. The second-order valence-corrected chi connectivity index (χ2v) is 18.7. The van der Waals surface area contributed by atoms with E-state index in [1.54, 1.807) is 30.3 Å². The molecule has 6 rings (SSSR count). The van der Waals surface area contributed by atoms with Crippen molar-refractivity contribution in [3.63, 3.8) is 0 Å². The van der Waals surface area contributed by atoms with Crippen molar-refractivity contribution in [2.45, 2.75) is 139 Å². The molecule has 17 heteroatoms. The van der Waals surface area contributed by atoms with E-state index in [2.05, 4.69) is 25.7 Å². The summed E-state index contributed by atoms with van der Waals surface area (Å²) in [6, 6.07) is 5.51. The SMILES string of the molecule is CCC[C@H](NC(=O)[C@@H]1C[C@@H](Oc2ccc(Cl)cn2)CN1C(=O)C(NC(=O)[C@@H](N=C1NS(=O)(=O)c2ccccc21)C1CCCCC1)C(C)(C)C)C(O)C(=O)NC1CC1. The Morgan fingerprint density at radius 3 is 2.40 bits per heavy atom. The molecule has 310 valence electrons. The van der Waals surface area contributed by atoms with E-state index >= 15 is 0 Å². The third kappa shape index (κ3) is 10.2. The van der Waals surface area contributed by atoms with Gasteiger partial charge in [0.2, 0.25) is 23.6 Å². The van der Waals surface area contributed by atoms with Gasteiger partial charge in [0.15, 0.2) is 6.10 Å². The Bertz CT molecular complexity index is 1950. The van der Waals surface area contributed by atoms with Crippen LogP contribution in [0.15, 0.2) is 52.5 Å². The van der Waals surface area contributed by atoms with Crippen molar-refractivity contribution in [2.75, 3.05) is 6.54 Å². The van der Waals surface area contributed by atoms with Gasteiger partial charge >= 0.3 is 0 Å². The summed E-state index contributed by atoms with van der Waals surface area (Å²) in [6.07, 6.45) is 6.03. The number of nitrogens with one attached hydrogen (secondary N) is 4. The number of nitrogens with zero attached hydrogens (tertiary/aromatic N) is 3. The number of aliphatic hydroxyl groups excluding tert-OH is 1. The molecule has 3 fully saturated rings. The summed E-state index contributed by atoms with van der Waals surface area (Å²) >= 11 is 6.04. The molecule has 0 radical (unpaired) electrons. The molecule has 15 nitrogen and oxygen atoms in total. The van der Waals surface area contributed by atoms with Crippen LogP contribution in [-0.2, 0) is 29.2 Å². The second-order valence-electron chi connectivity index (χ2n) is 16.7. The van der Waals surface area contributed by atoms with Crippen LogP contribution in [0.3, 0.4) is 0 Å². The zero-order valence-electron chi connectivity index (χ0n) is 32.9. The van der Waals surface area contributed by atoms with Gasteiger partial charge in [-0.1, -0.05) is 77.1 Å². The topological polar surface area (TPSA) is 208 Å². The largest absolute Gasteiger partial charge is 0.472 e. The maximum absolute atomic E-state index is 14.9. The van der Waals surface area contributed by atoms with Gasteiger partial charge in [0.1, 0.15) is 30.1 Å². The molecule has 3 heterocycles. The molecule has 2 aromatic rings. The van der Waals surface area contributed by atoms with Crippen LogP contribution in [0.4, 0.5) is 0 Å². The maximum Gasteiger partial charge on any atom is 0.263 e. The van der Waals surface area contributed by atoms with Gasteiger partial charge in [-0.25, -0.2) is 13.4 Å². The number of amidine groups is 1. The number of hydrogen-bond acceptors (Lipinski definition) is 10. The van der Waals surface area contributed by atoms with Crippen molar-refractivity contribution in [2.24, 2.45) is 16.3 Å². The molecule has 4 aliphatic rings. The molecule has 2 aliphatic carbocycles. The molecule has 2 unspecified atom stereocenters. The molecule has 0 bridgehead atoms. The van der Waals surface area contributed by atoms with Gasteiger partial charge in [-0.2, -0.15) is 0 Å². The van der Waals surface area contributed by atoms with Crippen molar-refractivity contribution in [3.8, 4) is 5.88 Å². The van der Waals surface area contributed by atoms with E-state index in [0.29, 0.717) is 36.3 Å². The molecule has 5 N–H and O–H groups in total. The van der Waals surface area contributed by atoms with Crippen molar-refractivity contribution >= 4 is 51.1 Å². The van der Waals surface area contributed by atoms with Gasteiger partial charge in [-0.05, 0) is 61.6 Å². The standard InChI is InChI=1S/C40H54ClN7O8S/c1-5-11-28(33(49)38(52)43-25-17-18-25)44-36(50)29-20-26(56-31-19-16-24(41)21-42-31)22-48(29)39(53)34(40(2,3)4)46-37(51)32(23-12-7-6-8-13-23)45-35-27-14-9-10-15-30(27)57(54,55)47-35/h9-10,14-16,19,21,23,25-26,28-29,32-34,49H,5-8,11-13,17-18,20,22H2,1-4H3,(H,43,52)(H,44,50)(H,45,47)(H,46,51)/t26-,28+,29+,32+,33?,34?/m1/s1. The summed E-state index contributed by atoms with van der Waals surface area (Å²) in [6.45, 7) is 7.27. The van der Waals surface area contributed by atoms with Gasteiger partial charge < -0.3 is 30.7 Å². The first-order valence-electron chi connectivity index (χ1n) is 19.9. The lowest BCUT2D eigenvalue weighted by atomic mass is 9.82. The van der Waals surface area contributed by atoms with Crippen LogP contribution in [0.5, 0.6) is 5.88 Å². The van der Waals surface area contributed by atoms with Crippen molar-refractivity contribution in [1.82, 2.24) is 30.6 Å². The number of likely N-dealkylation sites (tertiary alicyclic amines) is 1. The lowest BCUT2D eigenvalue weighted by Crippen LogP contribution is -2.60. The second kappa shape index (κ2) is 17.7. The fourth-order valence-corrected chi connectivity index (χ4v) is 9.16. The number of rotatable bonds is 14. The Balaban J connectivity index is 1.28. The van der Waals surface area contributed by atoms with E-state index in [-0.39, 0.29) is 41.5 Å². The van der Waals surface area contributed by atoms with Crippen LogP contribution < -0.4 is 25.4 Å². The molecular formula is C40H54ClN7O8S. The van der Waals surface area contributed by atoms with Gasteiger partial charge in [0, 0.05) is 30.3 Å². The summed E-state index contributed by atoms with van der Waals surface area (Å²) < 4.78 is 34.6. The molecule has 57 heavy (non-hydrogen) atoms. The number of aromatic nitrogens is 1. The Kier molecular flexibility index (Phi) is 13.1. The van der Waals surface area contributed by atoms with Crippen LogP contribution >= 0.6 is 11.6 Å². The Morgan fingerprint density at radius 1 is 1.04 bits per heavy atom. The van der Waals surface area contributed by atoms with Crippen LogP contribution in [0, 0.1) is 11.3 Å². The quantitative estimate of drug-likeness (QED) is 0.189. The highest BCUT2D eigenvalue weighted by Gasteiger charge is 2.47.